The average molecular weight is 275 g/mol. The number of pyridine rings is 1. The number of aromatic nitrogens is 1. The van der Waals surface area contributed by atoms with E-state index in [9.17, 15) is 8.42 Å². The van der Waals surface area contributed by atoms with Crippen LogP contribution in [0.2, 0.25) is 0 Å². The molecule has 0 N–H and O–H groups in total. The number of halogens is 1. The van der Waals surface area contributed by atoms with Crippen LogP contribution in [0.25, 0.3) is 0 Å². The molecule has 1 atom stereocenters. The van der Waals surface area contributed by atoms with Gasteiger partial charge in [0.2, 0.25) is 10.0 Å². The fourth-order valence-corrected chi connectivity index (χ4v) is 4.23. The van der Waals surface area contributed by atoms with Gasteiger partial charge in [-0.3, -0.25) is 4.98 Å². The summed E-state index contributed by atoms with van der Waals surface area (Å²) in [7, 11) is -3.23. The second-order valence-electron chi connectivity index (χ2n) is 4.06. The van der Waals surface area contributed by atoms with Crippen LogP contribution in [0, 0.1) is 0 Å². The lowest BCUT2D eigenvalue weighted by Gasteiger charge is -2.23. The second-order valence-corrected chi connectivity index (χ2v) is 6.48. The maximum atomic E-state index is 12.0. The molecule has 1 fully saturated rings. The van der Waals surface area contributed by atoms with Crippen molar-refractivity contribution < 1.29 is 8.42 Å². The van der Waals surface area contributed by atoms with Gasteiger partial charge in [0.1, 0.15) is 0 Å². The van der Waals surface area contributed by atoms with Crippen molar-refractivity contribution in [2.24, 2.45) is 0 Å². The van der Waals surface area contributed by atoms with Crippen LogP contribution in [0.1, 0.15) is 24.4 Å². The molecular formula is C11H15ClN2O2S. The summed E-state index contributed by atoms with van der Waals surface area (Å²) in [5.41, 5.74) is 0.961. The van der Waals surface area contributed by atoms with Crippen LogP contribution in [0.15, 0.2) is 24.5 Å². The first-order valence-electron chi connectivity index (χ1n) is 5.60. The molecule has 1 aromatic heterocycles. The normalized spacial score (nSPS) is 21.8. The third-order valence-corrected chi connectivity index (χ3v) is 5.25. The molecule has 1 aromatic rings. The highest BCUT2D eigenvalue weighted by atomic mass is 35.5. The highest BCUT2D eigenvalue weighted by Gasteiger charge is 2.34. The molecular weight excluding hydrogens is 260 g/mol. The molecule has 4 nitrogen and oxygen atoms in total. The molecule has 0 aliphatic carbocycles. The zero-order valence-corrected chi connectivity index (χ0v) is 11.0. The average Bonchev–Trinajstić information content (AvgIpc) is 2.79. The third-order valence-electron chi connectivity index (χ3n) is 2.97. The predicted molar refractivity (Wildman–Crippen MR) is 67.4 cm³/mol. The Kier molecular flexibility index (Phi) is 4.01. The molecule has 0 saturated carbocycles. The van der Waals surface area contributed by atoms with Crippen LogP contribution in [0.5, 0.6) is 0 Å². The lowest BCUT2D eigenvalue weighted by atomic mass is 10.1. The van der Waals surface area contributed by atoms with Gasteiger partial charge in [0.15, 0.2) is 0 Å². The predicted octanol–water partition coefficient (Wildman–Crippen LogP) is 1.79. The van der Waals surface area contributed by atoms with Crippen molar-refractivity contribution in [2.75, 3.05) is 18.2 Å². The molecule has 1 aliphatic rings. The molecule has 0 aromatic carbocycles. The minimum absolute atomic E-state index is 0.00528. The smallest absolute Gasteiger partial charge is 0.215 e. The fraction of sp³-hybridized carbons (Fsp3) is 0.545. The molecule has 94 valence electrons. The summed E-state index contributed by atoms with van der Waals surface area (Å²) in [5.74, 6) is 0.143. The monoisotopic (exact) mass is 274 g/mol. The molecule has 1 aliphatic heterocycles. The molecule has 2 rings (SSSR count). The van der Waals surface area contributed by atoms with Gasteiger partial charge in [0.25, 0.3) is 0 Å². The zero-order chi connectivity index (χ0) is 12.3. The van der Waals surface area contributed by atoms with Crippen molar-refractivity contribution in [3.05, 3.63) is 30.1 Å². The Morgan fingerprint density at radius 2 is 2.35 bits per heavy atom. The summed E-state index contributed by atoms with van der Waals surface area (Å²) in [6.45, 7) is 0.582. The minimum Gasteiger partial charge on any atom is -0.264 e. The van der Waals surface area contributed by atoms with Gasteiger partial charge in [0.05, 0.1) is 11.8 Å². The summed E-state index contributed by atoms with van der Waals surface area (Å²) >= 11 is 5.54. The van der Waals surface area contributed by atoms with Crippen LogP contribution in [0.3, 0.4) is 0 Å². The fourth-order valence-electron chi connectivity index (χ4n) is 2.19. The summed E-state index contributed by atoms with van der Waals surface area (Å²) in [5, 5.41) is 0. The number of nitrogens with zero attached hydrogens (tertiary/aromatic N) is 2. The summed E-state index contributed by atoms with van der Waals surface area (Å²) < 4.78 is 25.6. The highest BCUT2D eigenvalue weighted by Crippen LogP contribution is 2.33. The Morgan fingerprint density at radius 1 is 1.53 bits per heavy atom. The Bertz CT molecular complexity index is 464. The van der Waals surface area contributed by atoms with Gasteiger partial charge in [-0.2, -0.15) is 4.31 Å². The first kappa shape index (κ1) is 12.8. The van der Waals surface area contributed by atoms with Crippen molar-refractivity contribution in [2.45, 2.75) is 18.9 Å². The SMILES string of the molecule is O=S(=O)(CCCl)N1CCCC1c1cccnc1. The zero-order valence-electron chi connectivity index (χ0n) is 9.42. The Hall–Kier alpha value is -0.650. The van der Waals surface area contributed by atoms with E-state index in [4.69, 9.17) is 11.6 Å². The van der Waals surface area contributed by atoms with Crippen molar-refractivity contribution in [3.8, 4) is 0 Å². The quantitative estimate of drug-likeness (QED) is 0.787. The first-order chi connectivity index (χ1) is 8.15. The minimum atomic E-state index is -3.23. The second kappa shape index (κ2) is 5.33. The van der Waals surface area contributed by atoms with E-state index >= 15 is 0 Å². The van der Waals surface area contributed by atoms with E-state index in [-0.39, 0.29) is 17.7 Å². The van der Waals surface area contributed by atoms with E-state index in [2.05, 4.69) is 4.98 Å². The van der Waals surface area contributed by atoms with Gasteiger partial charge in [0, 0.05) is 24.8 Å². The van der Waals surface area contributed by atoms with E-state index in [0.717, 1.165) is 18.4 Å². The van der Waals surface area contributed by atoms with Gasteiger partial charge < -0.3 is 0 Å². The van der Waals surface area contributed by atoms with Crippen molar-refractivity contribution in [1.29, 1.82) is 0 Å². The molecule has 1 saturated heterocycles. The van der Waals surface area contributed by atoms with Gasteiger partial charge in [-0.15, -0.1) is 11.6 Å². The van der Waals surface area contributed by atoms with E-state index in [0.29, 0.717) is 6.54 Å². The molecule has 0 spiro atoms. The van der Waals surface area contributed by atoms with E-state index in [1.54, 1.807) is 16.7 Å². The van der Waals surface area contributed by atoms with E-state index in [1.807, 2.05) is 12.1 Å². The van der Waals surface area contributed by atoms with Crippen LogP contribution in [-0.2, 0) is 10.0 Å². The number of hydrogen-bond donors (Lipinski definition) is 0. The Morgan fingerprint density at radius 3 is 3.00 bits per heavy atom. The topological polar surface area (TPSA) is 50.3 Å². The van der Waals surface area contributed by atoms with Crippen LogP contribution in [0.4, 0.5) is 0 Å². The Balaban J connectivity index is 2.24. The number of sulfonamides is 1. The maximum absolute atomic E-state index is 12.0. The molecule has 2 heterocycles. The van der Waals surface area contributed by atoms with Crippen LogP contribution in [-0.4, -0.2) is 35.9 Å². The van der Waals surface area contributed by atoms with E-state index in [1.165, 1.54) is 0 Å². The molecule has 6 heteroatoms. The summed E-state index contributed by atoms with van der Waals surface area (Å²) in [4.78, 5) is 4.04. The van der Waals surface area contributed by atoms with Crippen molar-refractivity contribution >= 4 is 21.6 Å². The first-order valence-corrected chi connectivity index (χ1v) is 7.75. The lowest BCUT2D eigenvalue weighted by molar-refractivity contribution is 0.397. The summed E-state index contributed by atoms with van der Waals surface area (Å²) in [6.07, 6.45) is 5.17. The van der Waals surface area contributed by atoms with Gasteiger partial charge in [-0.05, 0) is 24.5 Å². The molecule has 17 heavy (non-hydrogen) atoms. The van der Waals surface area contributed by atoms with Crippen molar-refractivity contribution in [1.82, 2.24) is 9.29 Å². The van der Waals surface area contributed by atoms with Gasteiger partial charge in [-0.25, -0.2) is 8.42 Å². The summed E-state index contributed by atoms with van der Waals surface area (Å²) in [6, 6.07) is 3.68. The third kappa shape index (κ3) is 2.78. The number of hydrogen-bond acceptors (Lipinski definition) is 3. The molecule has 0 radical (unpaired) electrons. The molecule has 1 unspecified atom stereocenters. The maximum Gasteiger partial charge on any atom is 0.215 e. The van der Waals surface area contributed by atoms with E-state index < -0.39 is 10.0 Å². The van der Waals surface area contributed by atoms with Crippen LogP contribution < -0.4 is 0 Å². The largest absolute Gasteiger partial charge is 0.264 e. The standard InChI is InChI=1S/C11H15ClN2O2S/c12-5-8-17(15,16)14-7-2-4-11(14)10-3-1-6-13-9-10/h1,3,6,9,11H,2,4-5,7-8H2. The van der Waals surface area contributed by atoms with Gasteiger partial charge >= 0.3 is 0 Å². The van der Waals surface area contributed by atoms with Crippen molar-refractivity contribution in [3.63, 3.8) is 0 Å². The van der Waals surface area contributed by atoms with Crippen LogP contribution >= 0.6 is 11.6 Å². The highest BCUT2D eigenvalue weighted by molar-refractivity contribution is 7.89. The lowest BCUT2D eigenvalue weighted by Crippen LogP contribution is -2.33. The van der Waals surface area contributed by atoms with Gasteiger partial charge in [-0.1, -0.05) is 6.07 Å². The Labute approximate surface area is 107 Å². The number of alkyl halides is 1. The molecule has 0 bridgehead atoms. The number of rotatable bonds is 4. The molecule has 0 amide bonds.